The number of anilines is 3. The van der Waals surface area contributed by atoms with Crippen LogP contribution in [0.4, 0.5) is 17.5 Å². The van der Waals surface area contributed by atoms with Crippen molar-refractivity contribution >= 4 is 28.6 Å². The first-order chi connectivity index (χ1) is 10.8. The van der Waals surface area contributed by atoms with Gasteiger partial charge in [-0.05, 0) is 30.5 Å². The lowest BCUT2D eigenvalue weighted by atomic mass is 10.2. The van der Waals surface area contributed by atoms with E-state index in [0.717, 1.165) is 22.6 Å². The summed E-state index contributed by atoms with van der Waals surface area (Å²) in [6.45, 7) is 0.535. The van der Waals surface area contributed by atoms with E-state index in [1.807, 2.05) is 30.3 Å². The third-order valence-corrected chi connectivity index (χ3v) is 3.67. The molecule has 6 heteroatoms. The number of nitrogens with two attached hydrogens (primary N) is 1. The number of nitrogens with one attached hydrogen (secondary N) is 2. The van der Waals surface area contributed by atoms with E-state index in [-0.39, 0.29) is 0 Å². The SMILES string of the molecule is NCc1ccc(Nc2nc(NC3CC3)c3occc3n2)cc1. The first kappa shape index (κ1) is 13.1. The molecule has 112 valence electrons. The zero-order chi connectivity index (χ0) is 14.9. The van der Waals surface area contributed by atoms with Crippen LogP contribution in [0.3, 0.4) is 0 Å². The van der Waals surface area contributed by atoms with Crippen molar-refractivity contribution < 1.29 is 4.42 Å². The van der Waals surface area contributed by atoms with Gasteiger partial charge in [-0.3, -0.25) is 0 Å². The number of rotatable bonds is 5. The highest BCUT2D eigenvalue weighted by Crippen LogP contribution is 2.29. The van der Waals surface area contributed by atoms with Crippen molar-refractivity contribution in [2.24, 2.45) is 5.73 Å². The van der Waals surface area contributed by atoms with Crippen molar-refractivity contribution in [3.05, 3.63) is 42.2 Å². The largest absolute Gasteiger partial charge is 0.459 e. The van der Waals surface area contributed by atoms with E-state index in [9.17, 15) is 0 Å². The Morgan fingerprint density at radius 2 is 1.95 bits per heavy atom. The molecule has 0 amide bonds. The number of hydrogen-bond donors (Lipinski definition) is 3. The highest BCUT2D eigenvalue weighted by atomic mass is 16.3. The number of hydrogen-bond acceptors (Lipinski definition) is 6. The molecule has 2 aromatic heterocycles. The lowest BCUT2D eigenvalue weighted by Gasteiger charge is -2.09. The fourth-order valence-corrected chi connectivity index (χ4v) is 2.29. The van der Waals surface area contributed by atoms with Crippen LogP contribution in [0.1, 0.15) is 18.4 Å². The molecule has 0 atom stereocenters. The Bertz CT molecular complexity index is 792. The molecule has 0 bridgehead atoms. The van der Waals surface area contributed by atoms with E-state index in [2.05, 4.69) is 20.6 Å². The Morgan fingerprint density at radius 3 is 2.68 bits per heavy atom. The maximum Gasteiger partial charge on any atom is 0.229 e. The fourth-order valence-electron chi connectivity index (χ4n) is 2.29. The molecular formula is C16H17N5O. The van der Waals surface area contributed by atoms with Crippen LogP contribution in [-0.4, -0.2) is 16.0 Å². The Hall–Kier alpha value is -2.60. The van der Waals surface area contributed by atoms with Gasteiger partial charge in [0.05, 0.1) is 6.26 Å². The number of furan rings is 1. The minimum absolute atomic E-state index is 0.500. The van der Waals surface area contributed by atoms with Crippen LogP contribution in [0.25, 0.3) is 11.1 Å². The minimum Gasteiger partial charge on any atom is -0.459 e. The molecule has 1 fully saturated rings. The van der Waals surface area contributed by atoms with E-state index in [1.54, 1.807) is 6.26 Å². The summed E-state index contributed by atoms with van der Waals surface area (Å²) in [4.78, 5) is 9.02. The van der Waals surface area contributed by atoms with Gasteiger partial charge in [0.2, 0.25) is 5.95 Å². The topological polar surface area (TPSA) is 89.0 Å². The van der Waals surface area contributed by atoms with Gasteiger partial charge in [-0.15, -0.1) is 0 Å². The summed E-state index contributed by atoms with van der Waals surface area (Å²) in [5.74, 6) is 1.30. The lowest BCUT2D eigenvalue weighted by molar-refractivity contribution is 0.614. The van der Waals surface area contributed by atoms with Crippen LogP contribution in [0, 0.1) is 0 Å². The first-order valence-electron chi connectivity index (χ1n) is 7.39. The average Bonchev–Trinajstić information content (AvgIpc) is 3.22. The molecule has 0 spiro atoms. The highest BCUT2D eigenvalue weighted by molar-refractivity contribution is 5.85. The minimum atomic E-state index is 0.500. The van der Waals surface area contributed by atoms with Crippen molar-refractivity contribution in [1.29, 1.82) is 0 Å². The summed E-state index contributed by atoms with van der Waals surface area (Å²) in [5, 5.41) is 6.61. The molecular weight excluding hydrogens is 278 g/mol. The van der Waals surface area contributed by atoms with Gasteiger partial charge in [-0.1, -0.05) is 12.1 Å². The Labute approximate surface area is 127 Å². The number of benzene rings is 1. The van der Waals surface area contributed by atoms with Gasteiger partial charge in [-0.25, -0.2) is 4.98 Å². The monoisotopic (exact) mass is 295 g/mol. The van der Waals surface area contributed by atoms with Crippen molar-refractivity contribution in [2.45, 2.75) is 25.4 Å². The van der Waals surface area contributed by atoms with E-state index in [1.165, 1.54) is 12.8 Å². The molecule has 1 aliphatic rings. The van der Waals surface area contributed by atoms with Crippen molar-refractivity contribution in [3.63, 3.8) is 0 Å². The Balaban J connectivity index is 1.64. The molecule has 0 unspecified atom stereocenters. The predicted molar refractivity (Wildman–Crippen MR) is 86.1 cm³/mol. The molecule has 1 aliphatic carbocycles. The van der Waals surface area contributed by atoms with Gasteiger partial charge in [0.25, 0.3) is 0 Å². The molecule has 3 aromatic rings. The number of nitrogens with zero attached hydrogens (tertiary/aromatic N) is 2. The van der Waals surface area contributed by atoms with E-state index in [4.69, 9.17) is 10.2 Å². The van der Waals surface area contributed by atoms with Gasteiger partial charge in [-0.2, -0.15) is 4.98 Å². The van der Waals surface area contributed by atoms with E-state index in [0.29, 0.717) is 24.1 Å². The highest BCUT2D eigenvalue weighted by Gasteiger charge is 2.23. The summed E-state index contributed by atoms with van der Waals surface area (Å²) in [6, 6.07) is 10.3. The second-order valence-corrected chi connectivity index (χ2v) is 5.48. The average molecular weight is 295 g/mol. The zero-order valence-corrected chi connectivity index (χ0v) is 12.0. The predicted octanol–water partition coefficient (Wildman–Crippen LogP) is 3.00. The number of aromatic nitrogens is 2. The van der Waals surface area contributed by atoms with Crippen LogP contribution >= 0.6 is 0 Å². The van der Waals surface area contributed by atoms with Crippen LogP contribution in [0.15, 0.2) is 41.0 Å². The maximum absolute atomic E-state index is 5.61. The normalized spacial score (nSPS) is 14.2. The van der Waals surface area contributed by atoms with E-state index < -0.39 is 0 Å². The third-order valence-electron chi connectivity index (χ3n) is 3.67. The first-order valence-corrected chi connectivity index (χ1v) is 7.39. The van der Waals surface area contributed by atoms with Gasteiger partial charge >= 0.3 is 0 Å². The molecule has 0 radical (unpaired) electrons. The second-order valence-electron chi connectivity index (χ2n) is 5.48. The lowest BCUT2D eigenvalue weighted by Crippen LogP contribution is -2.06. The zero-order valence-electron chi connectivity index (χ0n) is 12.0. The van der Waals surface area contributed by atoms with Crippen molar-refractivity contribution in [1.82, 2.24) is 9.97 Å². The van der Waals surface area contributed by atoms with Crippen LogP contribution < -0.4 is 16.4 Å². The maximum atomic E-state index is 5.61. The summed E-state index contributed by atoms with van der Waals surface area (Å²) in [6.07, 6.45) is 3.99. The Morgan fingerprint density at radius 1 is 1.14 bits per heavy atom. The number of fused-ring (bicyclic) bond motifs is 1. The summed E-state index contributed by atoms with van der Waals surface area (Å²) >= 11 is 0. The summed E-state index contributed by atoms with van der Waals surface area (Å²) in [7, 11) is 0. The van der Waals surface area contributed by atoms with Gasteiger partial charge < -0.3 is 20.8 Å². The van der Waals surface area contributed by atoms with Gasteiger partial charge in [0.1, 0.15) is 5.52 Å². The second kappa shape index (κ2) is 5.31. The molecule has 22 heavy (non-hydrogen) atoms. The van der Waals surface area contributed by atoms with Crippen LogP contribution in [-0.2, 0) is 6.54 Å². The van der Waals surface area contributed by atoms with Crippen molar-refractivity contribution in [2.75, 3.05) is 10.6 Å². The van der Waals surface area contributed by atoms with Gasteiger partial charge in [0.15, 0.2) is 11.4 Å². The molecule has 1 saturated carbocycles. The molecule has 4 N–H and O–H groups in total. The smallest absolute Gasteiger partial charge is 0.229 e. The van der Waals surface area contributed by atoms with Crippen LogP contribution in [0.5, 0.6) is 0 Å². The molecule has 1 aromatic carbocycles. The summed E-state index contributed by atoms with van der Waals surface area (Å²) < 4.78 is 5.48. The molecule has 6 nitrogen and oxygen atoms in total. The molecule has 0 saturated heterocycles. The van der Waals surface area contributed by atoms with Crippen LogP contribution in [0.2, 0.25) is 0 Å². The standard InChI is InChI=1S/C16H17N5O/c17-9-10-1-3-12(4-2-10)19-16-20-13-7-8-22-14(13)15(21-16)18-11-5-6-11/h1-4,7-8,11H,5-6,9,17H2,(H2,18,19,20,21). The summed E-state index contributed by atoms with van der Waals surface area (Å²) in [5.41, 5.74) is 9.13. The molecule has 4 rings (SSSR count). The van der Waals surface area contributed by atoms with Gasteiger partial charge in [0, 0.05) is 24.3 Å². The molecule has 2 heterocycles. The van der Waals surface area contributed by atoms with Crippen molar-refractivity contribution in [3.8, 4) is 0 Å². The fraction of sp³-hybridized carbons (Fsp3) is 0.250. The van der Waals surface area contributed by atoms with E-state index >= 15 is 0 Å². The third kappa shape index (κ3) is 2.60. The molecule has 0 aliphatic heterocycles. The Kier molecular flexibility index (Phi) is 3.16. The quantitative estimate of drug-likeness (QED) is 0.670.